The van der Waals surface area contributed by atoms with Gasteiger partial charge in [-0.05, 0) is 37.7 Å². The molecule has 2 amide bonds. The summed E-state index contributed by atoms with van der Waals surface area (Å²) < 4.78 is 5.43. The summed E-state index contributed by atoms with van der Waals surface area (Å²) in [7, 11) is 1.99. The van der Waals surface area contributed by atoms with Crippen molar-refractivity contribution in [3.05, 3.63) is 29.3 Å². The average Bonchev–Trinajstić information content (AvgIpc) is 2.55. The summed E-state index contributed by atoms with van der Waals surface area (Å²) in [4.78, 5) is 30.2. The van der Waals surface area contributed by atoms with Gasteiger partial charge in [0.2, 0.25) is 0 Å². The molecule has 2 fully saturated rings. The maximum atomic E-state index is 12.6. The molecule has 2 aliphatic heterocycles. The largest absolute Gasteiger partial charge is 0.443 e. The van der Waals surface area contributed by atoms with Gasteiger partial charge in [0.25, 0.3) is 5.91 Å². The van der Waals surface area contributed by atoms with Crippen LogP contribution in [0.15, 0.2) is 18.2 Å². The number of nitrogen functional groups attached to an aromatic ring is 1. The number of hydrogen-bond acceptors (Lipinski definition) is 5. The second-order valence-corrected chi connectivity index (χ2v) is 6.58. The molecule has 2 N–H and O–H groups in total. The molecule has 0 aromatic heterocycles. The van der Waals surface area contributed by atoms with Crippen molar-refractivity contribution in [2.45, 2.75) is 13.0 Å². The van der Waals surface area contributed by atoms with Crippen molar-refractivity contribution in [2.75, 3.05) is 52.0 Å². The molecule has 1 aromatic carbocycles. The normalized spacial score (nSPS) is 19.1. The summed E-state index contributed by atoms with van der Waals surface area (Å²) in [5.74, 6) is -0.0215. The van der Waals surface area contributed by atoms with Gasteiger partial charge in [-0.3, -0.25) is 9.69 Å². The molecule has 0 saturated carbocycles. The monoisotopic (exact) mass is 332 g/mol. The van der Waals surface area contributed by atoms with Crippen LogP contribution in [0.5, 0.6) is 0 Å². The molecular formula is C17H24N4O3. The number of anilines is 1. The highest BCUT2D eigenvalue weighted by Gasteiger charge is 2.31. The maximum absolute atomic E-state index is 12.6. The van der Waals surface area contributed by atoms with Crippen molar-refractivity contribution in [1.29, 1.82) is 0 Å². The lowest BCUT2D eigenvalue weighted by Gasteiger charge is -2.38. The summed E-state index contributed by atoms with van der Waals surface area (Å²) in [5.41, 5.74) is 8.01. The first-order valence-electron chi connectivity index (χ1n) is 8.23. The van der Waals surface area contributed by atoms with Crippen molar-refractivity contribution in [3.63, 3.8) is 0 Å². The number of amides is 2. The molecule has 0 spiro atoms. The lowest BCUT2D eigenvalue weighted by Crippen LogP contribution is -2.55. The van der Waals surface area contributed by atoms with E-state index in [9.17, 15) is 9.59 Å². The molecule has 3 rings (SSSR count). The van der Waals surface area contributed by atoms with E-state index in [0.717, 1.165) is 18.7 Å². The second kappa shape index (κ2) is 6.68. The van der Waals surface area contributed by atoms with Crippen LogP contribution >= 0.6 is 0 Å². The molecule has 0 unspecified atom stereocenters. The maximum Gasteiger partial charge on any atom is 0.410 e. The first-order valence-corrected chi connectivity index (χ1v) is 8.23. The van der Waals surface area contributed by atoms with E-state index in [2.05, 4.69) is 4.90 Å². The Balaban J connectivity index is 1.51. The first kappa shape index (κ1) is 16.6. The number of nitrogens with zero attached hydrogens (tertiary/aromatic N) is 3. The molecule has 0 aliphatic carbocycles. The van der Waals surface area contributed by atoms with Gasteiger partial charge < -0.3 is 20.3 Å². The third kappa shape index (κ3) is 3.46. The first-order chi connectivity index (χ1) is 11.4. The van der Waals surface area contributed by atoms with Crippen LogP contribution in [0.2, 0.25) is 0 Å². The highest BCUT2D eigenvalue weighted by Crippen LogP contribution is 2.16. The van der Waals surface area contributed by atoms with Crippen molar-refractivity contribution < 1.29 is 14.3 Å². The van der Waals surface area contributed by atoms with E-state index in [4.69, 9.17) is 10.5 Å². The Morgan fingerprint density at radius 1 is 1.12 bits per heavy atom. The molecule has 2 heterocycles. The number of carbonyl (C=O) groups is 2. The SMILES string of the molecule is Cc1cc(C(=O)N2CCN(C(=O)OC3CN(C)C3)CC2)ccc1N. The standard InChI is InChI=1S/C17H24N4O3/c1-12-9-13(3-4-15(12)18)16(22)20-5-7-21(8-6-20)17(23)24-14-10-19(2)11-14/h3-4,9,14H,5-8,10-11,18H2,1-2H3. The van der Waals surface area contributed by atoms with E-state index in [1.807, 2.05) is 20.0 Å². The molecule has 24 heavy (non-hydrogen) atoms. The van der Waals surface area contributed by atoms with Gasteiger partial charge in [0, 0.05) is 50.5 Å². The Morgan fingerprint density at radius 2 is 1.75 bits per heavy atom. The van der Waals surface area contributed by atoms with Gasteiger partial charge >= 0.3 is 6.09 Å². The van der Waals surface area contributed by atoms with Gasteiger partial charge in [0.15, 0.2) is 0 Å². The molecule has 0 bridgehead atoms. The van der Waals surface area contributed by atoms with E-state index in [1.54, 1.807) is 21.9 Å². The van der Waals surface area contributed by atoms with E-state index < -0.39 is 0 Å². The van der Waals surface area contributed by atoms with Crippen molar-refractivity contribution in [1.82, 2.24) is 14.7 Å². The van der Waals surface area contributed by atoms with Gasteiger partial charge in [-0.1, -0.05) is 0 Å². The predicted octanol–water partition coefficient (Wildman–Crippen LogP) is 0.786. The number of piperazine rings is 1. The summed E-state index contributed by atoms with van der Waals surface area (Å²) >= 11 is 0. The molecule has 0 radical (unpaired) electrons. The van der Waals surface area contributed by atoms with Crippen LogP contribution in [0, 0.1) is 6.92 Å². The number of ether oxygens (including phenoxy) is 1. The van der Waals surface area contributed by atoms with Crippen molar-refractivity contribution in [2.24, 2.45) is 0 Å². The zero-order valence-electron chi connectivity index (χ0n) is 14.2. The summed E-state index contributed by atoms with van der Waals surface area (Å²) in [6.45, 7) is 5.51. The fourth-order valence-electron chi connectivity index (χ4n) is 3.02. The third-order valence-corrected chi connectivity index (χ3v) is 4.64. The molecule has 130 valence electrons. The Morgan fingerprint density at radius 3 is 2.33 bits per heavy atom. The summed E-state index contributed by atoms with van der Waals surface area (Å²) in [6, 6.07) is 5.32. The number of likely N-dealkylation sites (N-methyl/N-ethyl adjacent to an activating group) is 1. The molecule has 1 aromatic rings. The van der Waals surface area contributed by atoms with Crippen molar-refractivity contribution in [3.8, 4) is 0 Å². The summed E-state index contributed by atoms with van der Waals surface area (Å²) in [5, 5.41) is 0. The van der Waals surface area contributed by atoms with Gasteiger partial charge in [0.05, 0.1) is 0 Å². The van der Waals surface area contributed by atoms with Gasteiger partial charge in [-0.15, -0.1) is 0 Å². The van der Waals surface area contributed by atoms with Gasteiger partial charge in [-0.25, -0.2) is 4.79 Å². The minimum absolute atomic E-state index is 0.0000796. The number of benzene rings is 1. The van der Waals surface area contributed by atoms with Crippen molar-refractivity contribution >= 4 is 17.7 Å². The van der Waals surface area contributed by atoms with Crippen LogP contribution in [-0.4, -0.2) is 79.1 Å². The number of rotatable bonds is 2. The number of aryl methyl sites for hydroxylation is 1. The van der Waals surface area contributed by atoms with E-state index >= 15 is 0 Å². The number of likely N-dealkylation sites (tertiary alicyclic amines) is 1. The van der Waals surface area contributed by atoms with Crippen LogP contribution in [0.3, 0.4) is 0 Å². The minimum atomic E-state index is -0.275. The van der Waals surface area contributed by atoms with Crippen LogP contribution in [0.4, 0.5) is 10.5 Å². The molecule has 2 aliphatic rings. The van der Waals surface area contributed by atoms with Crippen LogP contribution < -0.4 is 5.73 Å². The molecular weight excluding hydrogens is 308 g/mol. The molecule has 7 heteroatoms. The van der Waals surface area contributed by atoms with E-state index in [0.29, 0.717) is 37.4 Å². The third-order valence-electron chi connectivity index (χ3n) is 4.64. The van der Waals surface area contributed by atoms with Crippen LogP contribution in [0.1, 0.15) is 15.9 Å². The molecule has 2 saturated heterocycles. The fourth-order valence-corrected chi connectivity index (χ4v) is 3.02. The van der Waals surface area contributed by atoms with E-state index in [1.165, 1.54) is 0 Å². The van der Waals surface area contributed by atoms with Gasteiger partial charge in [0.1, 0.15) is 6.10 Å². The zero-order valence-corrected chi connectivity index (χ0v) is 14.2. The van der Waals surface area contributed by atoms with Crippen LogP contribution in [-0.2, 0) is 4.74 Å². The second-order valence-electron chi connectivity index (χ2n) is 6.58. The quantitative estimate of drug-likeness (QED) is 0.810. The zero-order chi connectivity index (χ0) is 17.3. The summed E-state index contributed by atoms with van der Waals surface area (Å²) in [6.07, 6.45) is -0.275. The fraction of sp³-hybridized carbons (Fsp3) is 0.529. The predicted molar refractivity (Wildman–Crippen MR) is 90.8 cm³/mol. The Kier molecular flexibility index (Phi) is 4.62. The Hall–Kier alpha value is -2.28. The highest BCUT2D eigenvalue weighted by molar-refractivity contribution is 5.95. The average molecular weight is 332 g/mol. The molecule has 7 nitrogen and oxygen atoms in total. The lowest BCUT2D eigenvalue weighted by atomic mass is 10.1. The van der Waals surface area contributed by atoms with Crippen LogP contribution in [0.25, 0.3) is 0 Å². The topological polar surface area (TPSA) is 79.1 Å². The smallest absolute Gasteiger partial charge is 0.410 e. The Labute approximate surface area is 141 Å². The lowest BCUT2D eigenvalue weighted by molar-refractivity contribution is -0.0195. The highest BCUT2D eigenvalue weighted by atomic mass is 16.6. The number of hydrogen-bond donors (Lipinski definition) is 1. The van der Waals surface area contributed by atoms with Gasteiger partial charge in [-0.2, -0.15) is 0 Å². The molecule has 0 atom stereocenters. The Bertz CT molecular complexity index is 635. The van der Waals surface area contributed by atoms with E-state index in [-0.39, 0.29) is 18.1 Å². The number of carbonyl (C=O) groups excluding carboxylic acids is 2. The number of nitrogens with two attached hydrogens (primary N) is 1. The minimum Gasteiger partial charge on any atom is -0.443 e.